The Bertz CT molecular complexity index is 990. The Balaban J connectivity index is 1.63. The van der Waals surface area contributed by atoms with Crippen LogP contribution in [0.3, 0.4) is 0 Å². The summed E-state index contributed by atoms with van der Waals surface area (Å²) >= 11 is 7.31. The molecule has 3 aromatic rings. The van der Waals surface area contributed by atoms with Gasteiger partial charge in [-0.3, -0.25) is 4.79 Å². The van der Waals surface area contributed by atoms with Gasteiger partial charge < -0.3 is 14.2 Å². The summed E-state index contributed by atoms with van der Waals surface area (Å²) in [6.07, 6.45) is 0. The van der Waals surface area contributed by atoms with Gasteiger partial charge in [-0.2, -0.15) is 0 Å². The lowest BCUT2D eigenvalue weighted by molar-refractivity contribution is -0.127. The maximum absolute atomic E-state index is 13.9. The SMILES string of the molecule is COc1ccc(-c2nnc(SCC(=O)N(C)Cc3c(F)cccc3Cl)n2C)cc1. The monoisotopic (exact) mass is 434 g/mol. The fourth-order valence-corrected chi connectivity index (χ4v) is 3.75. The van der Waals surface area contributed by atoms with Crippen molar-refractivity contribution in [1.82, 2.24) is 19.7 Å². The molecule has 0 aliphatic heterocycles. The molecule has 0 bridgehead atoms. The molecule has 2 aromatic carbocycles. The van der Waals surface area contributed by atoms with Gasteiger partial charge in [0.05, 0.1) is 12.9 Å². The predicted molar refractivity (Wildman–Crippen MR) is 112 cm³/mol. The minimum absolute atomic E-state index is 0.0980. The molecule has 0 saturated carbocycles. The molecule has 0 spiro atoms. The van der Waals surface area contributed by atoms with Crippen LogP contribution in [0, 0.1) is 5.82 Å². The zero-order valence-corrected chi connectivity index (χ0v) is 17.8. The van der Waals surface area contributed by atoms with E-state index in [0.717, 1.165) is 11.3 Å². The first kappa shape index (κ1) is 21.1. The fourth-order valence-electron chi connectivity index (χ4n) is 2.68. The van der Waals surface area contributed by atoms with Gasteiger partial charge in [0, 0.05) is 36.8 Å². The third kappa shape index (κ3) is 4.89. The first-order valence-corrected chi connectivity index (χ1v) is 10.1. The van der Waals surface area contributed by atoms with E-state index in [4.69, 9.17) is 16.3 Å². The lowest BCUT2D eigenvalue weighted by Crippen LogP contribution is -2.28. The van der Waals surface area contributed by atoms with Crippen LogP contribution >= 0.6 is 23.4 Å². The highest BCUT2D eigenvalue weighted by Crippen LogP contribution is 2.25. The molecule has 1 amide bonds. The minimum atomic E-state index is -0.428. The molecule has 0 aliphatic carbocycles. The summed E-state index contributed by atoms with van der Waals surface area (Å²) in [6.45, 7) is 0.0980. The number of carbonyl (C=O) groups excluding carboxylic acids is 1. The average Bonchev–Trinajstić information content (AvgIpc) is 3.09. The van der Waals surface area contributed by atoms with Crippen LogP contribution in [0.4, 0.5) is 4.39 Å². The van der Waals surface area contributed by atoms with Gasteiger partial charge >= 0.3 is 0 Å². The lowest BCUT2D eigenvalue weighted by Gasteiger charge is -2.18. The highest BCUT2D eigenvalue weighted by molar-refractivity contribution is 7.99. The number of carbonyl (C=O) groups is 1. The molecule has 0 fully saturated rings. The van der Waals surface area contributed by atoms with Gasteiger partial charge in [0.25, 0.3) is 0 Å². The van der Waals surface area contributed by atoms with E-state index < -0.39 is 5.82 Å². The van der Waals surface area contributed by atoms with Gasteiger partial charge in [0.1, 0.15) is 11.6 Å². The zero-order valence-electron chi connectivity index (χ0n) is 16.2. The summed E-state index contributed by atoms with van der Waals surface area (Å²) in [5.41, 5.74) is 1.20. The van der Waals surface area contributed by atoms with E-state index in [1.807, 2.05) is 35.9 Å². The van der Waals surface area contributed by atoms with Crippen LogP contribution in [0.1, 0.15) is 5.56 Å². The van der Waals surface area contributed by atoms with Crippen LogP contribution in [0.5, 0.6) is 5.75 Å². The van der Waals surface area contributed by atoms with Gasteiger partial charge in [-0.15, -0.1) is 10.2 Å². The van der Waals surface area contributed by atoms with Gasteiger partial charge in [-0.25, -0.2) is 4.39 Å². The van der Waals surface area contributed by atoms with Crippen LogP contribution in [0.25, 0.3) is 11.4 Å². The molecule has 1 aromatic heterocycles. The molecular formula is C20H20ClFN4O2S. The third-order valence-corrected chi connectivity index (χ3v) is 5.75. The maximum Gasteiger partial charge on any atom is 0.233 e. The van der Waals surface area contributed by atoms with Gasteiger partial charge in [-0.1, -0.05) is 29.4 Å². The van der Waals surface area contributed by atoms with Crippen molar-refractivity contribution in [3.05, 3.63) is 58.9 Å². The van der Waals surface area contributed by atoms with Crippen LogP contribution in [-0.2, 0) is 18.4 Å². The first-order chi connectivity index (χ1) is 13.9. The number of ether oxygens (including phenoxy) is 1. The molecule has 6 nitrogen and oxygen atoms in total. The molecule has 0 N–H and O–H groups in total. The summed E-state index contributed by atoms with van der Waals surface area (Å²) in [6, 6.07) is 12.0. The molecule has 29 heavy (non-hydrogen) atoms. The molecule has 0 saturated heterocycles. The van der Waals surface area contributed by atoms with Gasteiger partial charge in [0.15, 0.2) is 11.0 Å². The van der Waals surface area contributed by atoms with Crippen molar-refractivity contribution in [3.8, 4) is 17.1 Å². The molecule has 0 aliphatic rings. The molecule has 9 heteroatoms. The first-order valence-electron chi connectivity index (χ1n) is 8.74. The maximum atomic E-state index is 13.9. The van der Waals surface area contributed by atoms with E-state index in [-0.39, 0.29) is 18.2 Å². The molecule has 0 radical (unpaired) electrons. The Hall–Kier alpha value is -2.58. The van der Waals surface area contributed by atoms with E-state index in [9.17, 15) is 9.18 Å². The standard InChI is InChI=1S/C20H20ClFN4O2S/c1-25(11-15-16(21)5-4-6-17(15)22)18(27)12-29-20-24-23-19(26(20)2)13-7-9-14(28-3)10-8-13/h4-10H,11-12H2,1-3H3. The number of thioether (sulfide) groups is 1. The van der Waals surface area contributed by atoms with Crippen LogP contribution in [0.15, 0.2) is 47.6 Å². The van der Waals surface area contributed by atoms with Crippen molar-refractivity contribution in [1.29, 1.82) is 0 Å². The summed E-state index contributed by atoms with van der Waals surface area (Å²) in [7, 11) is 5.07. The molecule has 152 valence electrons. The topological polar surface area (TPSA) is 60.3 Å². The smallest absolute Gasteiger partial charge is 0.233 e. The van der Waals surface area contributed by atoms with E-state index in [0.29, 0.717) is 21.6 Å². The quantitative estimate of drug-likeness (QED) is 0.525. The Kier molecular flexibility index (Phi) is 6.76. The van der Waals surface area contributed by atoms with Crippen molar-refractivity contribution >= 4 is 29.3 Å². The van der Waals surface area contributed by atoms with Gasteiger partial charge in [-0.05, 0) is 36.4 Å². The number of aromatic nitrogens is 3. The highest BCUT2D eigenvalue weighted by Gasteiger charge is 2.17. The Labute approximate surface area is 177 Å². The minimum Gasteiger partial charge on any atom is -0.497 e. The van der Waals surface area contributed by atoms with Crippen molar-refractivity contribution in [2.45, 2.75) is 11.7 Å². The summed E-state index contributed by atoms with van der Waals surface area (Å²) < 4.78 is 20.9. The highest BCUT2D eigenvalue weighted by atomic mass is 35.5. The van der Waals surface area contributed by atoms with Crippen LogP contribution in [0.2, 0.25) is 5.02 Å². The Morgan fingerprint density at radius 1 is 1.24 bits per heavy atom. The number of halogens is 2. The summed E-state index contributed by atoms with van der Waals surface area (Å²) in [4.78, 5) is 13.9. The molecule has 0 atom stereocenters. The van der Waals surface area contributed by atoms with E-state index in [2.05, 4.69) is 10.2 Å². The number of methoxy groups -OCH3 is 1. The number of rotatable bonds is 7. The third-order valence-electron chi connectivity index (χ3n) is 4.39. The van der Waals surface area contributed by atoms with Gasteiger partial charge in [0.2, 0.25) is 5.91 Å². The normalized spacial score (nSPS) is 10.8. The van der Waals surface area contributed by atoms with E-state index in [1.165, 1.54) is 28.8 Å². The predicted octanol–water partition coefficient (Wildman–Crippen LogP) is 4.03. The number of benzene rings is 2. The second-order valence-corrected chi connectivity index (χ2v) is 7.68. The molecular weight excluding hydrogens is 415 g/mol. The number of hydrogen-bond donors (Lipinski definition) is 0. The number of hydrogen-bond acceptors (Lipinski definition) is 5. The second kappa shape index (κ2) is 9.28. The number of nitrogens with zero attached hydrogens (tertiary/aromatic N) is 4. The summed E-state index contributed by atoms with van der Waals surface area (Å²) in [5, 5.41) is 9.30. The van der Waals surface area contributed by atoms with Crippen molar-refractivity contribution in [3.63, 3.8) is 0 Å². The largest absolute Gasteiger partial charge is 0.497 e. The molecule has 0 unspecified atom stereocenters. The zero-order chi connectivity index (χ0) is 21.0. The van der Waals surface area contributed by atoms with Crippen LogP contribution in [-0.4, -0.2) is 45.5 Å². The number of amides is 1. The van der Waals surface area contributed by atoms with E-state index in [1.54, 1.807) is 20.2 Å². The molecule has 3 rings (SSSR count). The average molecular weight is 435 g/mol. The van der Waals surface area contributed by atoms with Crippen molar-refractivity contribution < 1.29 is 13.9 Å². The van der Waals surface area contributed by atoms with Crippen molar-refractivity contribution in [2.75, 3.05) is 19.9 Å². The van der Waals surface area contributed by atoms with Crippen molar-refractivity contribution in [2.24, 2.45) is 7.05 Å². The van der Waals surface area contributed by atoms with E-state index >= 15 is 0 Å². The fraction of sp³-hybridized carbons (Fsp3) is 0.250. The molecule has 1 heterocycles. The lowest BCUT2D eigenvalue weighted by atomic mass is 10.2. The second-order valence-electron chi connectivity index (χ2n) is 6.33. The summed E-state index contributed by atoms with van der Waals surface area (Å²) in [5.74, 6) is 1.01. The Morgan fingerprint density at radius 2 is 1.97 bits per heavy atom. The Morgan fingerprint density at radius 3 is 2.62 bits per heavy atom. The van der Waals surface area contributed by atoms with Crippen LogP contribution < -0.4 is 4.74 Å².